The Morgan fingerprint density at radius 2 is 2.12 bits per heavy atom. The quantitative estimate of drug-likeness (QED) is 0.843. The summed E-state index contributed by atoms with van der Waals surface area (Å²) in [5, 5.41) is 2.23. The van der Waals surface area contributed by atoms with Crippen LogP contribution >= 0.6 is 22.6 Å². The second-order valence-corrected chi connectivity index (χ2v) is 4.85. The van der Waals surface area contributed by atoms with E-state index in [-0.39, 0.29) is 0 Å². The fourth-order valence-electron chi connectivity index (χ4n) is 1.24. The van der Waals surface area contributed by atoms with Crippen molar-refractivity contribution >= 4 is 28.5 Å². The monoisotopic (exact) mass is 339 g/mol. The molecule has 0 aliphatic rings. The van der Waals surface area contributed by atoms with Gasteiger partial charge in [0, 0.05) is 10.5 Å². The fraction of sp³-hybridized carbons (Fsp3) is 0.364. The number of carbonyl (C=O) groups is 1. The summed E-state index contributed by atoms with van der Waals surface area (Å²) in [6.07, 6.45) is 0. The molecule has 16 heavy (non-hydrogen) atoms. The lowest BCUT2D eigenvalue weighted by Crippen LogP contribution is -2.35. The van der Waals surface area contributed by atoms with Gasteiger partial charge in [0.25, 0.3) is 11.8 Å². The Labute approximate surface area is 107 Å². The molecule has 0 fully saturated rings. The van der Waals surface area contributed by atoms with Crippen LogP contribution in [-0.4, -0.2) is 18.4 Å². The lowest BCUT2D eigenvalue weighted by Gasteiger charge is -2.13. The lowest BCUT2D eigenvalue weighted by atomic mass is 10.1. The van der Waals surface area contributed by atoms with Crippen molar-refractivity contribution in [2.24, 2.45) is 0 Å². The Kier molecular flexibility index (Phi) is 4.23. The SMILES string of the molecule is Cc1cccc(I)c1C(=O)NCC(C)(F)F. The van der Waals surface area contributed by atoms with Gasteiger partial charge in [-0.05, 0) is 41.1 Å². The van der Waals surface area contributed by atoms with E-state index in [1.807, 2.05) is 28.7 Å². The fourth-order valence-corrected chi connectivity index (χ4v) is 2.12. The molecule has 0 heterocycles. The van der Waals surface area contributed by atoms with Gasteiger partial charge in [-0.3, -0.25) is 4.79 Å². The minimum absolute atomic E-state index is 0.455. The smallest absolute Gasteiger partial charge is 0.262 e. The Hall–Kier alpha value is -0.720. The first-order chi connectivity index (χ1) is 7.31. The van der Waals surface area contributed by atoms with Crippen LogP contribution in [0.3, 0.4) is 0 Å². The summed E-state index contributed by atoms with van der Waals surface area (Å²) in [7, 11) is 0. The Morgan fingerprint density at radius 1 is 1.50 bits per heavy atom. The number of benzene rings is 1. The summed E-state index contributed by atoms with van der Waals surface area (Å²) in [5.74, 6) is -3.34. The van der Waals surface area contributed by atoms with Crippen molar-refractivity contribution in [2.75, 3.05) is 6.54 Å². The van der Waals surface area contributed by atoms with E-state index in [4.69, 9.17) is 0 Å². The molecule has 0 aromatic heterocycles. The van der Waals surface area contributed by atoms with Crippen LogP contribution in [0.4, 0.5) is 8.78 Å². The molecule has 0 unspecified atom stereocenters. The summed E-state index contributed by atoms with van der Waals surface area (Å²) in [4.78, 5) is 11.7. The van der Waals surface area contributed by atoms with Gasteiger partial charge in [-0.1, -0.05) is 12.1 Å². The predicted molar refractivity (Wildman–Crippen MR) is 66.9 cm³/mol. The molecule has 0 atom stereocenters. The van der Waals surface area contributed by atoms with Crippen LogP contribution in [0.1, 0.15) is 22.8 Å². The summed E-state index contributed by atoms with van der Waals surface area (Å²) in [5.41, 5.74) is 1.25. The maximum Gasteiger partial charge on any atom is 0.262 e. The van der Waals surface area contributed by atoms with Gasteiger partial charge in [-0.25, -0.2) is 8.78 Å². The molecule has 1 aromatic rings. The van der Waals surface area contributed by atoms with Crippen LogP contribution in [0.25, 0.3) is 0 Å². The highest BCUT2D eigenvalue weighted by atomic mass is 127. The Morgan fingerprint density at radius 3 is 2.62 bits per heavy atom. The van der Waals surface area contributed by atoms with Gasteiger partial charge in [0.05, 0.1) is 12.1 Å². The molecule has 0 aliphatic carbocycles. The largest absolute Gasteiger partial charge is 0.346 e. The zero-order valence-electron chi connectivity index (χ0n) is 8.98. The number of nitrogens with one attached hydrogen (secondary N) is 1. The standard InChI is InChI=1S/C11H12F2INO/c1-7-4-3-5-8(14)9(7)10(16)15-6-11(2,12)13/h3-5H,6H2,1-2H3,(H,15,16). The van der Waals surface area contributed by atoms with Gasteiger partial charge in [0.15, 0.2) is 0 Å². The Bertz CT molecular complexity index is 381. The van der Waals surface area contributed by atoms with Gasteiger partial charge in [-0.2, -0.15) is 0 Å². The molecule has 2 nitrogen and oxygen atoms in total. The number of hydrogen-bond donors (Lipinski definition) is 1. The van der Waals surface area contributed by atoms with E-state index in [0.717, 1.165) is 16.1 Å². The molecule has 88 valence electrons. The van der Waals surface area contributed by atoms with Crippen molar-refractivity contribution in [1.29, 1.82) is 0 Å². The van der Waals surface area contributed by atoms with E-state index in [9.17, 15) is 13.6 Å². The minimum atomic E-state index is -2.89. The molecule has 1 N–H and O–H groups in total. The van der Waals surface area contributed by atoms with Gasteiger partial charge < -0.3 is 5.32 Å². The first kappa shape index (κ1) is 13.3. The highest BCUT2D eigenvalue weighted by Crippen LogP contribution is 2.17. The summed E-state index contributed by atoms with van der Waals surface area (Å²) in [6, 6.07) is 5.37. The predicted octanol–water partition coefficient (Wildman–Crippen LogP) is 2.98. The van der Waals surface area contributed by atoms with E-state index in [1.165, 1.54) is 0 Å². The summed E-state index contributed by atoms with van der Waals surface area (Å²) < 4.78 is 25.9. The molecular formula is C11H12F2INO. The molecule has 0 spiro atoms. The number of alkyl halides is 2. The number of halogens is 3. The minimum Gasteiger partial charge on any atom is -0.346 e. The van der Waals surface area contributed by atoms with Crippen molar-refractivity contribution in [2.45, 2.75) is 19.8 Å². The van der Waals surface area contributed by atoms with Crippen molar-refractivity contribution in [3.05, 3.63) is 32.9 Å². The third-order valence-electron chi connectivity index (χ3n) is 2.01. The zero-order valence-corrected chi connectivity index (χ0v) is 11.1. The zero-order chi connectivity index (χ0) is 12.3. The number of aryl methyl sites for hydroxylation is 1. The second-order valence-electron chi connectivity index (χ2n) is 3.68. The average Bonchev–Trinajstić information content (AvgIpc) is 2.13. The van der Waals surface area contributed by atoms with E-state index in [0.29, 0.717) is 5.56 Å². The van der Waals surface area contributed by atoms with Crippen LogP contribution in [0.5, 0.6) is 0 Å². The van der Waals surface area contributed by atoms with Crippen LogP contribution in [-0.2, 0) is 0 Å². The maximum atomic E-state index is 12.6. The topological polar surface area (TPSA) is 29.1 Å². The van der Waals surface area contributed by atoms with E-state index < -0.39 is 18.4 Å². The lowest BCUT2D eigenvalue weighted by molar-refractivity contribution is 0.0220. The molecule has 1 rings (SSSR count). The first-order valence-corrected chi connectivity index (χ1v) is 5.80. The highest BCUT2D eigenvalue weighted by molar-refractivity contribution is 14.1. The summed E-state index contributed by atoms with van der Waals surface area (Å²) in [6.45, 7) is 1.91. The molecule has 0 radical (unpaired) electrons. The van der Waals surface area contributed by atoms with Gasteiger partial charge in [-0.15, -0.1) is 0 Å². The normalized spacial score (nSPS) is 11.3. The molecular weight excluding hydrogens is 327 g/mol. The average molecular weight is 339 g/mol. The number of carbonyl (C=O) groups excluding carboxylic acids is 1. The van der Waals surface area contributed by atoms with Crippen LogP contribution in [0, 0.1) is 10.5 Å². The molecule has 0 saturated carbocycles. The first-order valence-electron chi connectivity index (χ1n) is 4.72. The van der Waals surface area contributed by atoms with Gasteiger partial charge in [0.1, 0.15) is 0 Å². The molecule has 5 heteroatoms. The van der Waals surface area contributed by atoms with Crippen molar-refractivity contribution in [1.82, 2.24) is 5.32 Å². The molecule has 0 aliphatic heterocycles. The number of rotatable bonds is 3. The maximum absolute atomic E-state index is 12.6. The van der Waals surface area contributed by atoms with E-state index in [1.54, 1.807) is 19.1 Å². The third-order valence-corrected chi connectivity index (χ3v) is 2.91. The molecule has 0 bridgehead atoms. The second kappa shape index (κ2) is 5.07. The molecule has 1 amide bonds. The van der Waals surface area contributed by atoms with Crippen LogP contribution < -0.4 is 5.32 Å². The summed E-state index contributed by atoms with van der Waals surface area (Å²) >= 11 is 2.01. The number of hydrogen-bond acceptors (Lipinski definition) is 1. The van der Waals surface area contributed by atoms with Gasteiger partial charge in [0.2, 0.25) is 0 Å². The van der Waals surface area contributed by atoms with E-state index >= 15 is 0 Å². The van der Waals surface area contributed by atoms with Crippen molar-refractivity contribution in [3.8, 4) is 0 Å². The van der Waals surface area contributed by atoms with Gasteiger partial charge >= 0.3 is 0 Å². The number of amides is 1. The van der Waals surface area contributed by atoms with Crippen molar-refractivity contribution < 1.29 is 13.6 Å². The van der Waals surface area contributed by atoms with E-state index in [2.05, 4.69) is 5.32 Å². The molecule has 1 aromatic carbocycles. The Balaban J connectivity index is 2.81. The van der Waals surface area contributed by atoms with Crippen LogP contribution in [0.15, 0.2) is 18.2 Å². The third kappa shape index (κ3) is 3.70. The van der Waals surface area contributed by atoms with Crippen molar-refractivity contribution in [3.63, 3.8) is 0 Å². The molecule has 0 saturated heterocycles. The highest BCUT2D eigenvalue weighted by Gasteiger charge is 2.23. The van der Waals surface area contributed by atoms with Crippen LogP contribution in [0.2, 0.25) is 0 Å².